The van der Waals surface area contributed by atoms with Gasteiger partial charge in [-0.2, -0.15) is 4.31 Å². The molecule has 6 nitrogen and oxygen atoms in total. The molecule has 3 aromatic rings. The van der Waals surface area contributed by atoms with Gasteiger partial charge in [0.2, 0.25) is 15.9 Å². The third kappa shape index (κ3) is 3.92. The second-order valence-electron chi connectivity index (χ2n) is 6.04. The Morgan fingerprint density at radius 2 is 1.85 bits per heavy atom. The molecule has 2 aromatic carbocycles. The number of rotatable bonds is 5. The first kappa shape index (κ1) is 18.5. The standard InChI is InChI=1S/C18H19N3O3S2/c1-12-4-6-14(7-5-12)20-18(22)11-21(3)26(23,24)15-8-9-16-17(10-15)25-13(2)19-16/h4-10H,11H2,1-3H3,(H,20,22). The number of benzene rings is 2. The van der Waals surface area contributed by atoms with E-state index in [1.54, 1.807) is 24.3 Å². The molecule has 1 aromatic heterocycles. The first-order valence-corrected chi connectivity index (χ1v) is 10.2. The molecular weight excluding hydrogens is 370 g/mol. The summed E-state index contributed by atoms with van der Waals surface area (Å²) in [6.45, 7) is 3.56. The minimum Gasteiger partial charge on any atom is -0.325 e. The number of likely N-dealkylation sites (N-methyl/N-ethyl adjacent to an activating group) is 1. The van der Waals surface area contributed by atoms with E-state index in [1.807, 2.05) is 26.0 Å². The van der Waals surface area contributed by atoms with Gasteiger partial charge in [-0.15, -0.1) is 11.3 Å². The molecule has 0 saturated carbocycles. The zero-order chi connectivity index (χ0) is 18.9. The first-order chi connectivity index (χ1) is 12.3. The van der Waals surface area contributed by atoms with E-state index >= 15 is 0 Å². The Morgan fingerprint density at radius 1 is 1.15 bits per heavy atom. The van der Waals surface area contributed by atoms with E-state index < -0.39 is 15.9 Å². The SMILES string of the molecule is Cc1ccc(NC(=O)CN(C)S(=O)(=O)c2ccc3nc(C)sc3c2)cc1. The van der Waals surface area contributed by atoms with Crippen molar-refractivity contribution in [3.8, 4) is 0 Å². The van der Waals surface area contributed by atoms with Crippen molar-refractivity contribution in [2.75, 3.05) is 18.9 Å². The van der Waals surface area contributed by atoms with E-state index in [-0.39, 0.29) is 11.4 Å². The summed E-state index contributed by atoms with van der Waals surface area (Å²) < 4.78 is 27.3. The van der Waals surface area contributed by atoms with Crippen LogP contribution in [0.15, 0.2) is 47.4 Å². The number of amides is 1. The summed E-state index contributed by atoms with van der Waals surface area (Å²) in [4.78, 5) is 16.7. The summed E-state index contributed by atoms with van der Waals surface area (Å²) in [5.74, 6) is -0.394. The number of sulfonamides is 1. The van der Waals surface area contributed by atoms with Gasteiger partial charge in [0.1, 0.15) is 0 Å². The molecule has 1 N–H and O–H groups in total. The lowest BCUT2D eigenvalue weighted by Crippen LogP contribution is -2.34. The molecule has 1 heterocycles. The minimum atomic E-state index is -3.76. The van der Waals surface area contributed by atoms with Crippen molar-refractivity contribution in [2.24, 2.45) is 0 Å². The summed E-state index contributed by atoms with van der Waals surface area (Å²) in [6.07, 6.45) is 0. The number of hydrogen-bond acceptors (Lipinski definition) is 5. The lowest BCUT2D eigenvalue weighted by atomic mass is 10.2. The number of nitrogens with zero attached hydrogens (tertiary/aromatic N) is 2. The monoisotopic (exact) mass is 389 g/mol. The quantitative estimate of drug-likeness (QED) is 0.727. The van der Waals surface area contributed by atoms with Crippen LogP contribution in [-0.2, 0) is 14.8 Å². The van der Waals surface area contributed by atoms with Gasteiger partial charge in [0.05, 0.1) is 26.7 Å². The number of thiazole rings is 1. The molecule has 8 heteroatoms. The summed E-state index contributed by atoms with van der Waals surface area (Å²) >= 11 is 1.44. The van der Waals surface area contributed by atoms with Gasteiger partial charge in [0.15, 0.2) is 0 Å². The van der Waals surface area contributed by atoms with Gasteiger partial charge in [-0.3, -0.25) is 4.79 Å². The van der Waals surface area contributed by atoms with Gasteiger partial charge < -0.3 is 5.32 Å². The molecule has 0 atom stereocenters. The van der Waals surface area contributed by atoms with Gasteiger partial charge in [-0.05, 0) is 44.2 Å². The molecule has 1 amide bonds. The summed E-state index contributed by atoms with van der Waals surface area (Å²) in [5, 5.41) is 3.58. The van der Waals surface area contributed by atoms with E-state index in [1.165, 1.54) is 24.5 Å². The molecule has 0 unspecified atom stereocenters. The van der Waals surface area contributed by atoms with Crippen molar-refractivity contribution in [1.82, 2.24) is 9.29 Å². The number of hydrogen-bond donors (Lipinski definition) is 1. The van der Waals surface area contributed by atoms with E-state index in [0.717, 1.165) is 25.1 Å². The van der Waals surface area contributed by atoms with Crippen molar-refractivity contribution in [3.63, 3.8) is 0 Å². The van der Waals surface area contributed by atoms with Crippen LogP contribution in [0.25, 0.3) is 10.2 Å². The number of fused-ring (bicyclic) bond motifs is 1. The second-order valence-corrected chi connectivity index (χ2v) is 9.32. The Labute approximate surface area is 156 Å². The normalized spacial score (nSPS) is 11.8. The van der Waals surface area contributed by atoms with E-state index in [9.17, 15) is 13.2 Å². The fraction of sp³-hybridized carbons (Fsp3) is 0.222. The molecule has 0 spiro atoms. The van der Waals surface area contributed by atoms with E-state index in [0.29, 0.717) is 5.69 Å². The fourth-order valence-corrected chi connectivity index (χ4v) is 4.58. The van der Waals surface area contributed by atoms with Crippen molar-refractivity contribution in [3.05, 3.63) is 53.0 Å². The van der Waals surface area contributed by atoms with Crippen LogP contribution in [0.1, 0.15) is 10.6 Å². The molecule has 0 bridgehead atoms. The zero-order valence-electron chi connectivity index (χ0n) is 14.7. The molecule has 0 aliphatic rings. The Balaban J connectivity index is 1.74. The third-order valence-electron chi connectivity index (χ3n) is 3.88. The Hall–Kier alpha value is -2.29. The van der Waals surface area contributed by atoms with Crippen LogP contribution in [0.5, 0.6) is 0 Å². The molecule has 3 rings (SSSR count). The number of carbonyl (C=O) groups excluding carboxylic acids is 1. The van der Waals surface area contributed by atoms with E-state index in [2.05, 4.69) is 10.3 Å². The Morgan fingerprint density at radius 3 is 2.54 bits per heavy atom. The number of anilines is 1. The molecule has 0 fully saturated rings. The molecule has 0 aliphatic heterocycles. The predicted octanol–water partition coefficient (Wildman–Crippen LogP) is 3.17. The van der Waals surface area contributed by atoms with Crippen molar-refractivity contribution < 1.29 is 13.2 Å². The molecule has 0 radical (unpaired) electrons. The molecule has 0 aliphatic carbocycles. The van der Waals surface area contributed by atoms with Crippen molar-refractivity contribution in [2.45, 2.75) is 18.7 Å². The van der Waals surface area contributed by atoms with Gasteiger partial charge in [0, 0.05) is 12.7 Å². The summed E-state index contributed by atoms with van der Waals surface area (Å²) in [7, 11) is -2.37. The van der Waals surface area contributed by atoms with Crippen LogP contribution in [0, 0.1) is 13.8 Å². The third-order valence-corrected chi connectivity index (χ3v) is 6.61. The van der Waals surface area contributed by atoms with Gasteiger partial charge in [0.25, 0.3) is 0 Å². The van der Waals surface area contributed by atoms with Crippen LogP contribution in [0.3, 0.4) is 0 Å². The van der Waals surface area contributed by atoms with Gasteiger partial charge in [-0.25, -0.2) is 13.4 Å². The number of carbonyl (C=O) groups is 1. The summed E-state index contributed by atoms with van der Waals surface area (Å²) in [5.41, 5.74) is 2.48. The van der Waals surface area contributed by atoms with Crippen LogP contribution < -0.4 is 5.32 Å². The number of nitrogens with one attached hydrogen (secondary N) is 1. The molecular formula is C18H19N3O3S2. The van der Waals surface area contributed by atoms with Crippen molar-refractivity contribution in [1.29, 1.82) is 0 Å². The van der Waals surface area contributed by atoms with Gasteiger partial charge in [-0.1, -0.05) is 17.7 Å². The Bertz CT molecular complexity index is 1060. The second kappa shape index (κ2) is 7.14. The highest BCUT2D eigenvalue weighted by molar-refractivity contribution is 7.89. The predicted molar refractivity (Wildman–Crippen MR) is 104 cm³/mol. The van der Waals surface area contributed by atoms with Crippen LogP contribution in [0.4, 0.5) is 5.69 Å². The zero-order valence-corrected chi connectivity index (χ0v) is 16.3. The average molecular weight is 390 g/mol. The topological polar surface area (TPSA) is 79.4 Å². The van der Waals surface area contributed by atoms with Crippen LogP contribution >= 0.6 is 11.3 Å². The molecule has 26 heavy (non-hydrogen) atoms. The Kier molecular flexibility index (Phi) is 5.08. The van der Waals surface area contributed by atoms with Gasteiger partial charge >= 0.3 is 0 Å². The molecule has 136 valence electrons. The maximum Gasteiger partial charge on any atom is 0.243 e. The molecule has 0 saturated heterocycles. The average Bonchev–Trinajstić information content (AvgIpc) is 2.95. The highest BCUT2D eigenvalue weighted by Gasteiger charge is 2.23. The van der Waals surface area contributed by atoms with E-state index in [4.69, 9.17) is 0 Å². The number of aryl methyl sites for hydroxylation is 2. The highest BCUT2D eigenvalue weighted by atomic mass is 32.2. The van der Waals surface area contributed by atoms with Crippen LogP contribution in [-0.4, -0.2) is 37.2 Å². The summed E-state index contributed by atoms with van der Waals surface area (Å²) in [6, 6.07) is 12.1. The number of aromatic nitrogens is 1. The lowest BCUT2D eigenvalue weighted by Gasteiger charge is -2.17. The largest absolute Gasteiger partial charge is 0.325 e. The fourth-order valence-electron chi connectivity index (χ4n) is 2.49. The lowest BCUT2D eigenvalue weighted by molar-refractivity contribution is -0.116. The minimum absolute atomic E-state index is 0.152. The van der Waals surface area contributed by atoms with Crippen molar-refractivity contribution >= 4 is 43.2 Å². The van der Waals surface area contributed by atoms with Crippen LogP contribution in [0.2, 0.25) is 0 Å². The maximum absolute atomic E-state index is 12.7. The highest BCUT2D eigenvalue weighted by Crippen LogP contribution is 2.25. The maximum atomic E-state index is 12.7. The first-order valence-electron chi connectivity index (χ1n) is 7.96. The smallest absolute Gasteiger partial charge is 0.243 e.